The fourth-order valence-electron chi connectivity index (χ4n) is 3.69. The van der Waals surface area contributed by atoms with Gasteiger partial charge in [-0.2, -0.15) is 0 Å². The zero-order valence-corrected chi connectivity index (χ0v) is 14.0. The smallest absolute Gasteiger partial charge is 0.241 e. The quantitative estimate of drug-likeness (QED) is 0.907. The molecule has 2 aliphatic rings. The van der Waals surface area contributed by atoms with Crippen LogP contribution in [-0.2, 0) is 4.79 Å². The highest BCUT2D eigenvalue weighted by molar-refractivity contribution is 7.12. The topological polar surface area (TPSA) is 32.3 Å². The van der Waals surface area contributed by atoms with Gasteiger partial charge in [-0.1, -0.05) is 27.7 Å². The van der Waals surface area contributed by atoms with Crippen LogP contribution in [0.1, 0.15) is 50.5 Å². The molecule has 0 aromatic carbocycles. The molecule has 1 N–H and O–H groups in total. The molecule has 1 aromatic heterocycles. The molecule has 110 valence electrons. The van der Waals surface area contributed by atoms with Crippen LogP contribution >= 0.6 is 11.3 Å². The Balaban J connectivity index is 1.97. The third-order valence-electron chi connectivity index (χ3n) is 5.56. The van der Waals surface area contributed by atoms with E-state index >= 15 is 0 Å². The third kappa shape index (κ3) is 1.70. The lowest BCUT2D eigenvalue weighted by Crippen LogP contribution is -2.35. The maximum Gasteiger partial charge on any atom is 0.241 e. The Morgan fingerprint density at radius 1 is 1.20 bits per heavy atom. The summed E-state index contributed by atoms with van der Waals surface area (Å²) in [6.45, 7) is 13.2. The number of thiophene rings is 1. The van der Waals surface area contributed by atoms with Crippen LogP contribution in [0.25, 0.3) is 0 Å². The summed E-state index contributed by atoms with van der Waals surface area (Å²) in [4.78, 5) is 17.3. The number of carbonyl (C=O) groups is 1. The number of nitrogens with one attached hydrogen (secondary N) is 1. The van der Waals surface area contributed by atoms with E-state index in [4.69, 9.17) is 0 Å². The van der Waals surface area contributed by atoms with E-state index in [0.717, 1.165) is 0 Å². The van der Waals surface area contributed by atoms with Gasteiger partial charge in [0.25, 0.3) is 0 Å². The molecule has 0 bridgehead atoms. The number of aryl methyl sites for hydroxylation is 1. The molecule has 1 aliphatic carbocycles. The normalized spacial score (nSPS) is 31.9. The molecule has 2 atom stereocenters. The predicted molar refractivity (Wildman–Crippen MR) is 82.6 cm³/mol. The second kappa shape index (κ2) is 4.08. The molecule has 1 aromatic rings. The molecule has 0 radical (unpaired) electrons. The molecule has 1 aliphatic heterocycles. The molecule has 1 amide bonds. The number of rotatable bonds is 2. The lowest BCUT2D eigenvalue weighted by atomic mass is 10.0. The highest BCUT2D eigenvalue weighted by atomic mass is 32.1. The van der Waals surface area contributed by atoms with Gasteiger partial charge in [0.2, 0.25) is 5.91 Å². The van der Waals surface area contributed by atoms with Crippen LogP contribution in [0.5, 0.6) is 0 Å². The Hall–Kier alpha value is -0.870. The first-order chi connectivity index (χ1) is 9.18. The van der Waals surface area contributed by atoms with E-state index in [2.05, 4.69) is 57.0 Å². The standard InChI is InChI=1S/C16H24N2OS/c1-9-7-8-11(20-9)12-17-10(2)13(19)18(12)14-15(3,4)16(14,5)6/h7-8,10,12,14,17H,1-6H3. The van der Waals surface area contributed by atoms with E-state index in [1.54, 1.807) is 11.3 Å². The second-order valence-corrected chi connectivity index (χ2v) is 8.65. The summed E-state index contributed by atoms with van der Waals surface area (Å²) in [5.74, 6) is 0.240. The average Bonchev–Trinajstić information content (AvgIpc) is 2.74. The predicted octanol–water partition coefficient (Wildman–Crippen LogP) is 3.31. The van der Waals surface area contributed by atoms with Crippen molar-refractivity contribution in [3.63, 3.8) is 0 Å². The highest BCUT2D eigenvalue weighted by Gasteiger charge is 2.70. The third-order valence-corrected chi connectivity index (χ3v) is 6.62. The molecule has 2 unspecified atom stereocenters. The molecule has 3 rings (SSSR count). The summed E-state index contributed by atoms with van der Waals surface area (Å²) >= 11 is 1.78. The van der Waals surface area contributed by atoms with Crippen molar-refractivity contribution in [1.82, 2.24) is 10.2 Å². The van der Waals surface area contributed by atoms with Gasteiger partial charge in [-0.3, -0.25) is 10.1 Å². The minimum atomic E-state index is -0.0883. The Morgan fingerprint density at radius 3 is 2.25 bits per heavy atom. The molecule has 2 fully saturated rings. The van der Waals surface area contributed by atoms with E-state index < -0.39 is 0 Å². The summed E-state index contributed by atoms with van der Waals surface area (Å²) in [7, 11) is 0. The molecule has 1 saturated carbocycles. The van der Waals surface area contributed by atoms with Crippen LogP contribution in [0, 0.1) is 17.8 Å². The minimum Gasteiger partial charge on any atom is -0.317 e. The summed E-state index contributed by atoms with van der Waals surface area (Å²) in [5.41, 5.74) is 0.359. The van der Waals surface area contributed by atoms with Crippen LogP contribution in [0.4, 0.5) is 0 Å². The van der Waals surface area contributed by atoms with E-state index in [9.17, 15) is 4.79 Å². The Bertz CT molecular complexity index is 547. The van der Waals surface area contributed by atoms with Crippen molar-refractivity contribution in [3.05, 3.63) is 21.9 Å². The van der Waals surface area contributed by atoms with Crippen molar-refractivity contribution in [1.29, 1.82) is 0 Å². The fraction of sp³-hybridized carbons (Fsp3) is 0.688. The lowest BCUT2D eigenvalue weighted by Gasteiger charge is -2.26. The summed E-state index contributed by atoms with van der Waals surface area (Å²) in [6, 6.07) is 4.51. The van der Waals surface area contributed by atoms with Crippen molar-refractivity contribution in [2.75, 3.05) is 0 Å². The van der Waals surface area contributed by atoms with Gasteiger partial charge in [-0.15, -0.1) is 11.3 Å². The fourth-order valence-corrected chi connectivity index (χ4v) is 4.63. The second-order valence-electron chi connectivity index (χ2n) is 7.33. The van der Waals surface area contributed by atoms with Crippen molar-refractivity contribution >= 4 is 17.2 Å². The molecule has 2 heterocycles. The first-order valence-electron chi connectivity index (χ1n) is 7.32. The van der Waals surface area contributed by atoms with Crippen molar-refractivity contribution in [2.45, 2.75) is 59.8 Å². The maximum atomic E-state index is 12.6. The van der Waals surface area contributed by atoms with E-state index in [-0.39, 0.29) is 28.9 Å². The van der Waals surface area contributed by atoms with Gasteiger partial charge in [0.05, 0.1) is 6.04 Å². The lowest BCUT2D eigenvalue weighted by molar-refractivity contribution is -0.131. The SMILES string of the molecule is Cc1ccc(C2NC(C)C(=O)N2C2C(C)(C)C2(C)C)s1. The van der Waals surface area contributed by atoms with Gasteiger partial charge >= 0.3 is 0 Å². The van der Waals surface area contributed by atoms with E-state index in [0.29, 0.717) is 6.04 Å². The summed E-state index contributed by atoms with van der Waals surface area (Å²) < 4.78 is 0. The first kappa shape index (κ1) is 14.1. The molecule has 20 heavy (non-hydrogen) atoms. The zero-order valence-electron chi connectivity index (χ0n) is 13.2. The number of nitrogens with zero attached hydrogens (tertiary/aromatic N) is 1. The number of carbonyl (C=O) groups excluding carboxylic acids is 1. The van der Waals surface area contributed by atoms with Crippen molar-refractivity contribution < 1.29 is 4.79 Å². The average molecular weight is 292 g/mol. The van der Waals surface area contributed by atoms with Crippen LogP contribution in [0.2, 0.25) is 0 Å². The maximum absolute atomic E-state index is 12.6. The van der Waals surface area contributed by atoms with Gasteiger partial charge in [-0.05, 0) is 36.8 Å². The van der Waals surface area contributed by atoms with Crippen LogP contribution in [0.3, 0.4) is 0 Å². The van der Waals surface area contributed by atoms with E-state index in [1.807, 2.05) is 6.92 Å². The van der Waals surface area contributed by atoms with Gasteiger partial charge in [0.1, 0.15) is 6.17 Å². The monoisotopic (exact) mass is 292 g/mol. The number of amides is 1. The van der Waals surface area contributed by atoms with E-state index in [1.165, 1.54) is 9.75 Å². The van der Waals surface area contributed by atoms with Crippen LogP contribution < -0.4 is 5.32 Å². The van der Waals surface area contributed by atoms with Gasteiger partial charge < -0.3 is 4.90 Å². The van der Waals surface area contributed by atoms with Crippen molar-refractivity contribution in [2.24, 2.45) is 10.8 Å². The van der Waals surface area contributed by atoms with Gasteiger partial charge in [0.15, 0.2) is 0 Å². The van der Waals surface area contributed by atoms with Gasteiger partial charge in [0, 0.05) is 15.8 Å². The molecular weight excluding hydrogens is 268 g/mol. The Morgan fingerprint density at radius 2 is 1.80 bits per heavy atom. The van der Waals surface area contributed by atoms with Gasteiger partial charge in [-0.25, -0.2) is 0 Å². The summed E-state index contributed by atoms with van der Waals surface area (Å²) in [5, 5.41) is 3.47. The molecule has 4 heteroatoms. The van der Waals surface area contributed by atoms with Crippen molar-refractivity contribution in [3.8, 4) is 0 Å². The first-order valence-corrected chi connectivity index (χ1v) is 8.14. The minimum absolute atomic E-state index is 0.0437. The molecule has 1 saturated heterocycles. The van der Waals surface area contributed by atoms with Crippen LogP contribution in [0.15, 0.2) is 12.1 Å². The molecule has 0 spiro atoms. The number of hydrogen-bond acceptors (Lipinski definition) is 3. The molecular formula is C16H24N2OS. The summed E-state index contributed by atoms with van der Waals surface area (Å²) in [6.07, 6.45) is 0.0437. The largest absolute Gasteiger partial charge is 0.317 e. The number of hydrogen-bond donors (Lipinski definition) is 1. The Kier molecular flexibility index (Phi) is 2.87. The van der Waals surface area contributed by atoms with Crippen LogP contribution in [-0.4, -0.2) is 22.9 Å². The highest BCUT2D eigenvalue weighted by Crippen LogP contribution is 2.66. The Labute approximate surface area is 125 Å². The molecule has 3 nitrogen and oxygen atoms in total. The zero-order chi connectivity index (χ0) is 14.9.